The van der Waals surface area contributed by atoms with Crippen molar-refractivity contribution in [1.29, 1.82) is 0 Å². The number of ether oxygens (including phenoxy) is 1. The Morgan fingerprint density at radius 1 is 1.14 bits per heavy atom. The number of hydrogen-bond donors (Lipinski definition) is 2. The summed E-state index contributed by atoms with van der Waals surface area (Å²) in [5, 5.41) is 8.56. The number of anilines is 2. The molecule has 1 aromatic heterocycles. The molecule has 2 aromatic carbocycles. The number of nitrogens with one attached hydrogen (secondary N) is 2. The molecule has 0 saturated heterocycles. The fraction of sp³-hybridized carbons (Fsp3) is 0.190. The number of amides is 2. The smallest absolute Gasteiger partial charge is 0.257 e. The third kappa shape index (κ3) is 6.30. The lowest BCUT2D eigenvalue weighted by atomic mass is 10.2. The highest BCUT2D eigenvalue weighted by molar-refractivity contribution is 7.13. The Morgan fingerprint density at radius 2 is 1.93 bits per heavy atom. The molecule has 3 rings (SSSR count). The molecular formula is C21H20ClN3O3S. The van der Waals surface area contributed by atoms with Crippen molar-refractivity contribution in [2.45, 2.75) is 19.8 Å². The lowest BCUT2D eigenvalue weighted by Crippen LogP contribution is -2.14. The molecule has 0 bridgehead atoms. The van der Waals surface area contributed by atoms with E-state index in [4.69, 9.17) is 16.3 Å². The van der Waals surface area contributed by atoms with Crippen LogP contribution in [0.5, 0.6) is 5.75 Å². The SMILES string of the molecule is Cc1cc(OCCCC(=O)Nc2ccc(C(=O)Nc3nccs3)cc2)ccc1Cl. The van der Waals surface area contributed by atoms with Crippen LogP contribution in [0.2, 0.25) is 5.02 Å². The number of benzene rings is 2. The molecule has 0 radical (unpaired) electrons. The largest absolute Gasteiger partial charge is 0.494 e. The monoisotopic (exact) mass is 429 g/mol. The van der Waals surface area contributed by atoms with E-state index < -0.39 is 0 Å². The molecule has 0 unspecified atom stereocenters. The Kier molecular flexibility index (Phi) is 7.21. The predicted octanol–water partition coefficient (Wildman–Crippen LogP) is 5.15. The van der Waals surface area contributed by atoms with Gasteiger partial charge in [0.25, 0.3) is 5.91 Å². The van der Waals surface area contributed by atoms with E-state index in [1.165, 1.54) is 11.3 Å². The van der Waals surface area contributed by atoms with E-state index in [0.29, 0.717) is 40.9 Å². The second-order valence-electron chi connectivity index (χ2n) is 6.28. The van der Waals surface area contributed by atoms with Crippen LogP contribution in [-0.4, -0.2) is 23.4 Å². The van der Waals surface area contributed by atoms with Gasteiger partial charge in [0.1, 0.15) is 5.75 Å². The molecule has 2 N–H and O–H groups in total. The zero-order valence-electron chi connectivity index (χ0n) is 15.8. The van der Waals surface area contributed by atoms with Crippen LogP contribution in [0.4, 0.5) is 10.8 Å². The van der Waals surface area contributed by atoms with E-state index in [1.54, 1.807) is 41.9 Å². The van der Waals surface area contributed by atoms with Gasteiger partial charge >= 0.3 is 0 Å². The summed E-state index contributed by atoms with van der Waals surface area (Å²) in [6.07, 6.45) is 2.54. The first kappa shape index (κ1) is 20.8. The molecule has 8 heteroatoms. The summed E-state index contributed by atoms with van der Waals surface area (Å²) in [6.45, 7) is 2.35. The van der Waals surface area contributed by atoms with Gasteiger partial charge in [-0.3, -0.25) is 14.9 Å². The first-order valence-electron chi connectivity index (χ1n) is 9.01. The van der Waals surface area contributed by atoms with E-state index in [2.05, 4.69) is 15.6 Å². The van der Waals surface area contributed by atoms with Crippen LogP contribution in [-0.2, 0) is 4.79 Å². The maximum Gasteiger partial charge on any atom is 0.257 e. The van der Waals surface area contributed by atoms with Crippen molar-refractivity contribution in [1.82, 2.24) is 4.98 Å². The third-order valence-corrected chi connectivity index (χ3v) is 5.14. The Bertz CT molecular complexity index is 975. The third-order valence-electron chi connectivity index (χ3n) is 4.03. The molecule has 0 fully saturated rings. The molecule has 1 heterocycles. The molecule has 0 saturated carbocycles. The molecule has 0 aliphatic heterocycles. The van der Waals surface area contributed by atoms with Gasteiger partial charge in [0, 0.05) is 34.3 Å². The summed E-state index contributed by atoms with van der Waals surface area (Å²) < 4.78 is 5.64. The van der Waals surface area contributed by atoms with E-state index in [0.717, 1.165) is 11.3 Å². The summed E-state index contributed by atoms with van der Waals surface area (Å²) >= 11 is 7.34. The van der Waals surface area contributed by atoms with E-state index >= 15 is 0 Å². The van der Waals surface area contributed by atoms with Crippen molar-refractivity contribution < 1.29 is 14.3 Å². The van der Waals surface area contributed by atoms with Gasteiger partial charge in [0.05, 0.1) is 6.61 Å². The average molecular weight is 430 g/mol. The molecule has 150 valence electrons. The number of carbonyl (C=O) groups is 2. The van der Waals surface area contributed by atoms with Gasteiger partial charge < -0.3 is 10.1 Å². The van der Waals surface area contributed by atoms with Gasteiger partial charge in [-0.05, 0) is 61.4 Å². The quantitative estimate of drug-likeness (QED) is 0.485. The fourth-order valence-electron chi connectivity index (χ4n) is 2.51. The highest BCUT2D eigenvalue weighted by Gasteiger charge is 2.08. The van der Waals surface area contributed by atoms with E-state index in [9.17, 15) is 9.59 Å². The molecule has 0 atom stereocenters. The summed E-state index contributed by atoms with van der Waals surface area (Å²) in [6, 6.07) is 12.2. The summed E-state index contributed by atoms with van der Waals surface area (Å²) in [7, 11) is 0. The number of nitrogens with zero attached hydrogens (tertiary/aromatic N) is 1. The normalized spacial score (nSPS) is 10.4. The minimum Gasteiger partial charge on any atom is -0.494 e. The van der Waals surface area contributed by atoms with Crippen LogP contribution in [0, 0.1) is 6.92 Å². The van der Waals surface area contributed by atoms with Gasteiger partial charge in [0.2, 0.25) is 5.91 Å². The van der Waals surface area contributed by atoms with Crippen LogP contribution >= 0.6 is 22.9 Å². The first-order chi connectivity index (χ1) is 14.0. The molecule has 29 heavy (non-hydrogen) atoms. The highest BCUT2D eigenvalue weighted by Crippen LogP contribution is 2.21. The topological polar surface area (TPSA) is 80.3 Å². The summed E-state index contributed by atoms with van der Waals surface area (Å²) in [5.74, 6) is 0.382. The van der Waals surface area contributed by atoms with Gasteiger partial charge in [0.15, 0.2) is 5.13 Å². The second kappa shape index (κ2) is 10.0. The standard InChI is InChI=1S/C21H20ClN3O3S/c1-14-13-17(8-9-18(14)22)28-11-2-3-19(26)24-16-6-4-15(5-7-16)20(27)25-21-23-10-12-29-21/h4-10,12-13H,2-3,11H2,1H3,(H,24,26)(H,23,25,27). The van der Waals surface area contributed by atoms with Crippen LogP contribution < -0.4 is 15.4 Å². The van der Waals surface area contributed by atoms with Crippen LogP contribution in [0.1, 0.15) is 28.8 Å². The van der Waals surface area contributed by atoms with E-state index in [-0.39, 0.29) is 11.8 Å². The average Bonchev–Trinajstić information content (AvgIpc) is 3.21. The minimum absolute atomic E-state index is 0.110. The zero-order valence-corrected chi connectivity index (χ0v) is 17.3. The van der Waals surface area contributed by atoms with Crippen LogP contribution in [0.3, 0.4) is 0 Å². The van der Waals surface area contributed by atoms with Gasteiger partial charge in [-0.25, -0.2) is 4.98 Å². The van der Waals surface area contributed by atoms with Gasteiger partial charge in [-0.1, -0.05) is 11.6 Å². The van der Waals surface area contributed by atoms with Crippen molar-refractivity contribution in [3.8, 4) is 5.75 Å². The van der Waals surface area contributed by atoms with Crippen molar-refractivity contribution in [2.75, 3.05) is 17.2 Å². The van der Waals surface area contributed by atoms with Crippen molar-refractivity contribution in [3.05, 3.63) is 70.2 Å². The first-order valence-corrected chi connectivity index (χ1v) is 10.3. The number of hydrogen-bond acceptors (Lipinski definition) is 5. The van der Waals surface area contributed by atoms with Crippen molar-refractivity contribution in [3.63, 3.8) is 0 Å². The lowest BCUT2D eigenvalue weighted by Gasteiger charge is -2.09. The highest BCUT2D eigenvalue weighted by atomic mass is 35.5. The number of rotatable bonds is 8. The fourth-order valence-corrected chi connectivity index (χ4v) is 3.15. The molecule has 3 aromatic rings. The maximum atomic E-state index is 12.1. The molecule has 6 nitrogen and oxygen atoms in total. The molecule has 0 aliphatic rings. The van der Waals surface area contributed by atoms with Gasteiger partial charge in [-0.15, -0.1) is 11.3 Å². The van der Waals surface area contributed by atoms with Gasteiger partial charge in [-0.2, -0.15) is 0 Å². The molecule has 0 aliphatic carbocycles. The summed E-state index contributed by atoms with van der Waals surface area (Å²) in [5.41, 5.74) is 2.07. The minimum atomic E-state index is -0.243. The van der Waals surface area contributed by atoms with Crippen LogP contribution in [0.15, 0.2) is 54.0 Å². The molecular weight excluding hydrogens is 410 g/mol. The molecule has 0 spiro atoms. The second-order valence-corrected chi connectivity index (χ2v) is 7.58. The van der Waals surface area contributed by atoms with Crippen molar-refractivity contribution in [2.24, 2.45) is 0 Å². The Hall–Kier alpha value is -2.90. The Morgan fingerprint density at radius 3 is 2.62 bits per heavy atom. The molecule has 2 amide bonds. The van der Waals surface area contributed by atoms with Crippen molar-refractivity contribution >= 4 is 45.6 Å². The van der Waals surface area contributed by atoms with E-state index in [1.807, 2.05) is 19.1 Å². The number of carbonyl (C=O) groups excluding carboxylic acids is 2. The number of aryl methyl sites for hydroxylation is 1. The number of aromatic nitrogens is 1. The number of halogens is 1. The Labute approximate surface area is 177 Å². The lowest BCUT2D eigenvalue weighted by molar-refractivity contribution is -0.116. The predicted molar refractivity (Wildman–Crippen MR) is 116 cm³/mol. The van der Waals surface area contributed by atoms with Crippen LogP contribution in [0.25, 0.3) is 0 Å². The number of thiazole rings is 1. The zero-order chi connectivity index (χ0) is 20.6. The maximum absolute atomic E-state index is 12.1. The summed E-state index contributed by atoms with van der Waals surface area (Å²) in [4.78, 5) is 28.2. The Balaban J connectivity index is 1.40.